The van der Waals surface area contributed by atoms with Gasteiger partial charge in [-0.25, -0.2) is 18.2 Å². The van der Waals surface area contributed by atoms with Crippen LogP contribution in [-0.2, 0) is 4.79 Å². The summed E-state index contributed by atoms with van der Waals surface area (Å²) in [5, 5.41) is 9.28. The molecule has 1 aromatic carbocycles. The second-order valence-electron chi connectivity index (χ2n) is 6.71. The largest absolute Gasteiger partial charge is 0.309 e. The van der Waals surface area contributed by atoms with Crippen molar-refractivity contribution in [2.45, 2.75) is 17.5 Å². The first-order valence-corrected chi connectivity index (χ1v) is 9.88. The topological polar surface area (TPSA) is 88.0 Å². The molecule has 3 heterocycles. The first kappa shape index (κ1) is 18.0. The lowest BCUT2D eigenvalue weighted by Crippen LogP contribution is -2.15. The Morgan fingerprint density at radius 3 is 2.83 bits per heavy atom. The number of nitrogens with one attached hydrogen (secondary N) is 2. The molecule has 0 saturated heterocycles. The zero-order valence-electron chi connectivity index (χ0n) is 14.9. The number of benzene rings is 1. The Labute approximate surface area is 165 Å². The fraction of sp³-hybridized carbons (Fsp3) is 0.222. The normalized spacial score (nSPS) is 18.5. The molecular formula is C18H13F3N6OS. The number of carbonyl (C=O) groups excluding carboxylic acids is 1. The summed E-state index contributed by atoms with van der Waals surface area (Å²) >= 11 is 1.06. The highest BCUT2D eigenvalue weighted by Gasteiger charge is 2.43. The molecule has 5 rings (SSSR count). The standard InChI is InChI=1S/C18H13F3N6OS/c1-29-17-13(8-3-23-26-16(8)14(20)15(17)21)10-5-27-6-11(24-12(27)4-22-10)25-18(28)7-2-9(7)19/h3-7,9H,2H2,1H3,(H,23,26)(H,25,28). The molecule has 2 atom stereocenters. The van der Waals surface area contributed by atoms with Crippen molar-refractivity contribution in [2.24, 2.45) is 5.92 Å². The second-order valence-corrected chi connectivity index (χ2v) is 7.52. The van der Waals surface area contributed by atoms with E-state index < -0.39 is 29.6 Å². The molecule has 0 radical (unpaired) electrons. The van der Waals surface area contributed by atoms with E-state index in [0.29, 0.717) is 22.3 Å². The van der Waals surface area contributed by atoms with Crippen LogP contribution in [0, 0.1) is 17.6 Å². The third kappa shape index (κ3) is 2.84. The van der Waals surface area contributed by atoms with Crippen molar-refractivity contribution in [2.75, 3.05) is 11.6 Å². The molecule has 29 heavy (non-hydrogen) atoms. The van der Waals surface area contributed by atoms with Crippen molar-refractivity contribution in [1.82, 2.24) is 24.6 Å². The number of hydrogen-bond acceptors (Lipinski definition) is 5. The first-order chi connectivity index (χ1) is 14.0. The Hall–Kier alpha value is -3.08. The number of alkyl halides is 1. The second kappa shape index (κ2) is 6.48. The number of hydrogen-bond donors (Lipinski definition) is 2. The lowest BCUT2D eigenvalue weighted by atomic mass is 10.1. The van der Waals surface area contributed by atoms with Crippen LogP contribution in [0.2, 0.25) is 0 Å². The highest BCUT2D eigenvalue weighted by molar-refractivity contribution is 7.98. The van der Waals surface area contributed by atoms with E-state index in [4.69, 9.17) is 0 Å². The number of halogens is 3. The minimum Gasteiger partial charge on any atom is -0.309 e. The minimum absolute atomic E-state index is 0.0407. The van der Waals surface area contributed by atoms with Crippen LogP contribution in [0.15, 0.2) is 29.7 Å². The molecule has 2 N–H and O–H groups in total. The van der Waals surface area contributed by atoms with Gasteiger partial charge in [-0.05, 0) is 12.7 Å². The van der Waals surface area contributed by atoms with Crippen LogP contribution in [0.3, 0.4) is 0 Å². The number of H-pyrrole nitrogens is 1. The molecule has 11 heteroatoms. The molecule has 4 aromatic rings. The fourth-order valence-electron chi connectivity index (χ4n) is 3.27. The fourth-order valence-corrected chi connectivity index (χ4v) is 3.96. The SMILES string of the molecule is CSc1c(F)c(F)c2[nH]ncc2c1-c1cn2cc(NC(=O)C3CC3F)nc2cn1. The Bertz CT molecular complexity index is 1290. The maximum absolute atomic E-state index is 14.6. The van der Waals surface area contributed by atoms with E-state index in [0.717, 1.165) is 11.8 Å². The van der Waals surface area contributed by atoms with Gasteiger partial charge in [0.05, 0.1) is 35.1 Å². The molecule has 7 nitrogen and oxygen atoms in total. The van der Waals surface area contributed by atoms with Crippen LogP contribution < -0.4 is 5.32 Å². The average molecular weight is 418 g/mol. The minimum atomic E-state index is -1.10. The van der Waals surface area contributed by atoms with E-state index in [1.54, 1.807) is 23.1 Å². The molecule has 1 aliphatic rings. The van der Waals surface area contributed by atoms with Gasteiger partial charge in [-0.2, -0.15) is 5.10 Å². The molecule has 0 spiro atoms. The molecule has 1 amide bonds. The van der Waals surface area contributed by atoms with Gasteiger partial charge in [0, 0.05) is 17.1 Å². The van der Waals surface area contributed by atoms with Gasteiger partial charge in [-0.3, -0.25) is 14.9 Å². The quantitative estimate of drug-likeness (QED) is 0.495. The number of nitrogens with zero attached hydrogens (tertiary/aromatic N) is 4. The third-order valence-corrected chi connectivity index (χ3v) is 5.64. The van der Waals surface area contributed by atoms with Crippen LogP contribution in [0.1, 0.15) is 6.42 Å². The van der Waals surface area contributed by atoms with Crippen LogP contribution in [0.5, 0.6) is 0 Å². The van der Waals surface area contributed by atoms with Gasteiger partial charge in [0.25, 0.3) is 0 Å². The Morgan fingerprint density at radius 2 is 2.10 bits per heavy atom. The summed E-state index contributed by atoms with van der Waals surface area (Å²) in [6, 6.07) is 0. The maximum Gasteiger partial charge on any atom is 0.231 e. The monoisotopic (exact) mass is 418 g/mol. The van der Waals surface area contributed by atoms with Crippen LogP contribution >= 0.6 is 11.8 Å². The Kier molecular flexibility index (Phi) is 4.02. The van der Waals surface area contributed by atoms with Crippen LogP contribution in [-0.4, -0.2) is 42.9 Å². The lowest BCUT2D eigenvalue weighted by molar-refractivity contribution is -0.117. The van der Waals surface area contributed by atoms with E-state index in [1.165, 1.54) is 12.4 Å². The number of amides is 1. The molecule has 148 valence electrons. The molecule has 1 saturated carbocycles. The van der Waals surface area contributed by atoms with Crippen LogP contribution in [0.25, 0.3) is 27.8 Å². The zero-order valence-corrected chi connectivity index (χ0v) is 15.7. The number of carbonyl (C=O) groups is 1. The smallest absolute Gasteiger partial charge is 0.231 e. The summed E-state index contributed by atoms with van der Waals surface area (Å²) in [7, 11) is 0. The van der Waals surface area contributed by atoms with Crippen LogP contribution in [0.4, 0.5) is 19.0 Å². The summed E-state index contributed by atoms with van der Waals surface area (Å²) in [5.74, 6) is -2.76. The van der Waals surface area contributed by atoms with E-state index >= 15 is 0 Å². The van der Waals surface area contributed by atoms with E-state index in [-0.39, 0.29) is 22.7 Å². The van der Waals surface area contributed by atoms with E-state index in [1.807, 2.05) is 0 Å². The number of anilines is 1. The average Bonchev–Trinajstić information content (AvgIpc) is 3.09. The maximum atomic E-state index is 14.6. The number of aromatic nitrogens is 5. The number of thioether (sulfide) groups is 1. The van der Waals surface area contributed by atoms with Crippen molar-refractivity contribution < 1.29 is 18.0 Å². The molecule has 1 aliphatic carbocycles. The molecule has 0 bridgehead atoms. The zero-order chi connectivity index (χ0) is 20.3. The van der Waals surface area contributed by atoms with Crippen molar-refractivity contribution in [3.05, 3.63) is 36.4 Å². The third-order valence-electron chi connectivity index (χ3n) is 4.85. The molecule has 1 fully saturated rings. The number of aromatic amines is 1. The van der Waals surface area contributed by atoms with Gasteiger partial charge in [0.1, 0.15) is 11.7 Å². The molecule has 2 unspecified atom stereocenters. The Morgan fingerprint density at radius 1 is 1.31 bits per heavy atom. The highest BCUT2D eigenvalue weighted by Crippen LogP contribution is 2.39. The van der Waals surface area contributed by atoms with Crippen molar-refractivity contribution >= 4 is 40.0 Å². The van der Waals surface area contributed by atoms with E-state index in [2.05, 4.69) is 25.5 Å². The predicted octanol–water partition coefficient (Wildman–Crippen LogP) is 3.57. The van der Waals surface area contributed by atoms with Gasteiger partial charge in [-0.1, -0.05) is 0 Å². The van der Waals surface area contributed by atoms with Crippen molar-refractivity contribution in [1.29, 1.82) is 0 Å². The molecular weight excluding hydrogens is 405 g/mol. The molecule has 3 aromatic heterocycles. The first-order valence-electron chi connectivity index (χ1n) is 8.66. The summed E-state index contributed by atoms with van der Waals surface area (Å²) in [6.45, 7) is 0. The highest BCUT2D eigenvalue weighted by atomic mass is 32.2. The number of fused-ring (bicyclic) bond motifs is 2. The predicted molar refractivity (Wildman–Crippen MR) is 101 cm³/mol. The summed E-state index contributed by atoms with van der Waals surface area (Å²) < 4.78 is 43.5. The van der Waals surface area contributed by atoms with Gasteiger partial charge in [-0.15, -0.1) is 11.8 Å². The van der Waals surface area contributed by atoms with Crippen molar-refractivity contribution in [3.63, 3.8) is 0 Å². The number of rotatable bonds is 4. The van der Waals surface area contributed by atoms with Gasteiger partial charge < -0.3 is 9.72 Å². The van der Waals surface area contributed by atoms with Crippen molar-refractivity contribution in [3.8, 4) is 11.3 Å². The van der Waals surface area contributed by atoms with Gasteiger partial charge in [0.2, 0.25) is 5.91 Å². The number of imidazole rings is 1. The van der Waals surface area contributed by atoms with Gasteiger partial charge in [0.15, 0.2) is 23.1 Å². The lowest BCUT2D eigenvalue weighted by Gasteiger charge is -2.11. The summed E-state index contributed by atoms with van der Waals surface area (Å²) in [6.07, 6.45) is 6.80. The summed E-state index contributed by atoms with van der Waals surface area (Å²) in [5.41, 5.74) is 1.18. The van der Waals surface area contributed by atoms with E-state index in [9.17, 15) is 18.0 Å². The Balaban J connectivity index is 1.60. The molecule has 0 aliphatic heterocycles. The van der Waals surface area contributed by atoms with Gasteiger partial charge >= 0.3 is 0 Å². The summed E-state index contributed by atoms with van der Waals surface area (Å²) in [4.78, 5) is 20.6.